The Kier molecular flexibility index (Phi) is 7.72. The first-order valence-electron chi connectivity index (χ1n) is 20.4. The van der Waals surface area contributed by atoms with Crippen LogP contribution in [0.2, 0.25) is 0 Å². The molecule has 60 heavy (non-hydrogen) atoms. The lowest BCUT2D eigenvalue weighted by Gasteiger charge is -2.39. The normalized spacial score (nSPS) is 12.9. The third-order valence-corrected chi connectivity index (χ3v) is 12.2. The fraction of sp³-hybridized carbons (Fsp3) is 0.0179. The second-order valence-electron chi connectivity index (χ2n) is 15.5. The Morgan fingerprint density at radius 2 is 0.800 bits per heavy atom. The average Bonchev–Trinajstić information content (AvgIpc) is 3.62. The van der Waals surface area contributed by atoms with Crippen LogP contribution in [0.3, 0.4) is 0 Å². The Hall–Kier alpha value is -7.95. The number of aromatic nitrogens is 3. The van der Waals surface area contributed by atoms with Gasteiger partial charge in [0.05, 0.1) is 5.41 Å². The Bertz CT molecular complexity index is 3270. The first-order valence-corrected chi connectivity index (χ1v) is 20.4. The highest BCUT2D eigenvalue weighted by atomic mass is 16.5. The molecule has 1 spiro atoms. The second kappa shape index (κ2) is 13.6. The monoisotopic (exact) mass is 765 g/mol. The topological polar surface area (TPSA) is 47.9 Å². The third-order valence-electron chi connectivity index (χ3n) is 12.2. The number of hydrogen-bond acceptors (Lipinski definition) is 4. The molecule has 0 radical (unpaired) electrons. The summed E-state index contributed by atoms with van der Waals surface area (Å²) in [5.41, 5.74) is 14.2. The highest BCUT2D eigenvalue weighted by molar-refractivity contribution is 5.98. The minimum Gasteiger partial charge on any atom is -0.457 e. The summed E-state index contributed by atoms with van der Waals surface area (Å²) < 4.78 is 6.58. The lowest BCUT2D eigenvalue weighted by Crippen LogP contribution is -2.32. The van der Waals surface area contributed by atoms with Crippen molar-refractivity contribution in [2.75, 3.05) is 0 Å². The third kappa shape index (κ3) is 5.21. The van der Waals surface area contributed by atoms with Gasteiger partial charge in [-0.25, -0.2) is 15.0 Å². The van der Waals surface area contributed by atoms with Crippen molar-refractivity contribution >= 4 is 10.8 Å². The summed E-state index contributed by atoms with van der Waals surface area (Å²) in [7, 11) is 0. The molecular weight excluding hydrogens is 731 g/mol. The van der Waals surface area contributed by atoms with Crippen LogP contribution in [0.1, 0.15) is 22.3 Å². The maximum Gasteiger partial charge on any atom is 0.164 e. The van der Waals surface area contributed by atoms with Crippen LogP contribution < -0.4 is 4.74 Å². The van der Waals surface area contributed by atoms with E-state index in [-0.39, 0.29) is 0 Å². The first kappa shape index (κ1) is 34.1. The Morgan fingerprint density at radius 3 is 1.58 bits per heavy atom. The van der Waals surface area contributed by atoms with E-state index in [9.17, 15) is 0 Å². The predicted molar refractivity (Wildman–Crippen MR) is 242 cm³/mol. The van der Waals surface area contributed by atoms with E-state index in [1.807, 2.05) is 30.3 Å². The molecule has 0 saturated carbocycles. The molecule has 2 heterocycles. The van der Waals surface area contributed by atoms with Crippen molar-refractivity contribution in [1.82, 2.24) is 15.0 Å². The van der Waals surface area contributed by atoms with Crippen LogP contribution in [0.4, 0.5) is 0 Å². The Balaban J connectivity index is 0.999. The standard InChI is InChI=1S/C56H35N3O/c1-2-17-37(18-3-1)53-57-54(59-55(58-53)44-27-14-19-36-16-4-5-24-42(36)44)41-23-13-21-39(35-41)38-20-12-22-40(34-38)43-26-15-31-49-52(43)45-25-6-7-28-46(45)56(49)47-29-8-10-32-50(47)60-51-33-11-9-30-48(51)56/h1-35H. The van der Waals surface area contributed by atoms with E-state index >= 15 is 0 Å². The zero-order chi connectivity index (χ0) is 39.6. The summed E-state index contributed by atoms with van der Waals surface area (Å²) in [6.45, 7) is 0. The molecule has 0 fully saturated rings. The molecule has 9 aromatic carbocycles. The SMILES string of the molecule is c1ccc(-c2nc(-c3cccc(-c4cccc(-c5cccc6c5-c5ccccc5C65c6ccccc6Oc6ccccc65)c4)c3)nc(-c3cccc4ccccc34)n2)cc1. The molecule has 0 atom stereocenters. The van der Waals surface area contributed by atoms with Crippen LogP contribution in [-0.2, 0) is 5.41 Å². The Labute approximate surface area is 348 Å². The molecular formula is C56H35N3O. The predicted octanol–water partition coefficient (Wildman–Crippen LogP) is 13.8. The van der Waals surface area contributed by atoms with Gasteiger partial charge in [0.25, 0.3) is 0 Å². The number of rotatable bonds is 5. The van der Waals surface area contributed by atoms with Gasteiger partial charge in [0, 0.05) is 27.8 Å². The van der Waals surface area contributed by atoms with Crippen molar-refractivity contribution in [3.63, 3.8) is 0 Å². The second-order valence-corrected chi connectivity index (χ2v) is 15.5. The maximum absolute atomic E-state index is 6.58. The Morgan fingerprint density at radius 1 is 0.317 bits per heavy atom. The molecule has 280 valence electrons. The molecule has 1 aliphatic carbocycles. The van der Waals surface area contributed by atoms with Gasteiger partial charge in [-0.3, -0.25) is 0 Å². The smallest absolute Gasteiger partial charge is 0.164 e. The number of fused-ring (bicyclic) bond motifs is 10. The van der Waals surface area contributed by atoms with Crippen LogP contribution in [0.5, 0.6) is 11.5 Å². The summed E-state index contributed by atoms with van der Waals surface area (Å²) in [5.74, 6) is 3.70. The van der Waals surface area contributed by atoms with Gasteiger partial charge >= 0.3 is 0 Å². The lowest BCUT2D eigenvalue weighted by atomic mass is 9.66. The van der Waals surface area contributed by atoms with Crippen molar-refractivity contribution in [3.8, 4) is 79.0 Å². The highest BCUT2D eigenvalue weighted by Gasteiger charge is 2.51. The zero-order valence-corrected chi connectivity index (χ0v) is 32.5. The molecule has 4 heteroatoms. The van der Waals surface area contributed by atoms with E-state index in [4.69, 9.17) is 19.7 Å². The number of nitrogens with zero attached hydrogens (tertiary/aromatic N) is 3. The first-order chi connectivity index (χ1) is 29.7. The van der Waals surface area contributed by atoms with E-state index in [0.29, 0.717) is 17.5 Å². The number of benzene rings is 9. The molecule has 1 aromatic heterocycles. The summed E-state index contributed by atoms with van der Waals surface area (Å²) in [5, 5.41) is 2.25. The van der Waals surface area contributed by atoms with Gasteiger partial charge in [0.1, 0.15) is 11.5 Å². The molecule has 0 saturated heterocycles. The molecule has 0 N–H and O–H groups in total. The van der Waals surface area contributed by atoms with Gasteiger partial charge in [-0.2, -0.15) is 0 Å². The van der Waals surface area contributed by atoms with Gasteiger partial charge in [0.15, 0.2) is 17.5 Å². The van der Waals surface area contributed by atoms with Crippen LogP contribution in [-0.4, -0.2) is 15.0 Å². The molecule has 12 rings (SSSR count). The fourth-order valence-corrected chi connectivity index (χ4v) is 9.61. The molecule has 2 aliphatic rings. The molecule has 4 nitrogen and oxygen atoms in total. The minimum atomic E-state index is -0.520. The lowest BCUT2D eigenvalue weighted by molar-refractivity contribution is 0.436. The quantitative estimate of drug-likeness (QED) is 0.175. The van der Waals surface area contributed by atoms with Crippen LogP contribution in [0.25, 0.3) is 78.3 Å². The molecule has 0 amide bonds. The molecule has 0 bridgehead atoms. The van der Waals surface area contributed by atoms with Gasteiger partial charge in [0.2, 0.25) is 0 Å². The summed E-state index contributed by atoms with van der Waals surface area (Å²) in [6.07, 6.45) is 0. The summed E-state index contributed by atoms with van der Waals surface area (Å²) in [4.78, 5) is 15.3. The molecule has 0 unspecified atom stereocenters. The minimum absolute atomic E-state index is 0.520. The fourth-order valence-electron chi connectivity index (χ4n) is 9.61. The van der Waals surface area contributed by atoms with Gasteiger partial charge < -0.3 is 4.74 Å². The van der Waals surface area contributed by atoms with Crippen LogP contribution in [0.15, 0.2) is 212 Å². The van der Waals surface area contributed by atoms with Gasteiger partial charge in [-0.15, -0.1) is 0 Å². The zero-order valence-electron chi connectivity index (χ0n) is 32.5. The van der Waals surface area contributed by atoms with Crippen molar-refractivity contribution in [2.24, 2.45) is 0 Å². The largest absolute Gasteiger partial charge is 0.457 e. The average molecular weight is 766 g/mol. The van der Waals surface area contributed by atoms with Crippen molar-refractivity contribution in [2.45, 2.75) is 5.41 Å². The highest BCUT2D eigenvalue weighted by Crippen LogP contribution is 2.63. The van der Waals surface area contributed by atoms with E-state index in [2.05, 4.69) is 182 Å². The van der Waals surface area contributed by atoms with E-state index < -0.39 is 5.41 Å². The van der Waals surface area contributed by atoms with E-state index in [1.54, 1.807) is 0 Å². The van der Waals surface area contributed by atoms with Gasteiger partial charge in [-0.1, -0.05) is 188 Å². The number of ether oxygens (including phenoxy) is 1. The van der Waals surface area contributed by atoms with E-state index in [0.717, 1.165) is 66.8 Å². The van der Waals surface area contributed by atoms with Gasteiger partial charge in [-0.05, 0) is 79.5 Å². The maximum atomic E-state index is 6.58. The molecule has 10 aromatic rings. The summed E-state index contributed by atoms with van der Waals surface area (Å²) in [6, 6.07) is 75.0. The molecule has 1 aliphatic heterocycles. The van der Waals surface area contributed by atoms with Crippen LogP contribution >= 0.6 is 0 Å². The number of hydrogen-bond donors (Lipinski definition) is 0. The van der Waals surface area contributed by atoms with E-state index in [1.165, 1.54) is 27.8 Å². The van der Waals surface area contributed by atoms with Crippen molar-refractivity contribution < 1.29 is 4.74 Å². The number of para-hydroxylation sites is 2. The van der Waals surface area contributed by atoms with Crippen LogP contribution in [0, 0.1) is 0 Å². The summed E-state index contributed by atoms with van der Waals surface area (Å²) >= 11 is 0. The van der Waals surface area contributed by atoms with Crippen molar-refractivity contribution in [3.05, 3.63) is 235 Å². The van der Waals surface area contributed by atoms with Crippen molar-refractivity contribution in [1.29, 1.82) is 0 Å².